The molecular weight excluding hydrogens is 364 g/mol. The molecule has 0 N–H and O–H groups in total. The summed E-state index contributed by atoms with van der Waals surface area (Å²) in [7, 11) is 3.37. The Kier molecular flexibility index (Phi) is 16.2. The van der Waals surface area contributed by atoms with Gasteiger partial charge in [0.15, 0.2) is 12.6 Å². The van der Waals surface area contributed by atoms with E-state index in [0.717, 1.165) is 31.0 Å². The van der Waals surface area contributed by atoms with Crippen molar-refractivity contribution in [1.29, 1.82) is 0 Å². The molecular formula is C25H50O4. The van der Waals surface area contributed by atoms with Crippen LogP contribution in [0.5, 0.6) is 0 Å². The van der Waals surface area contributed by atoms with E-state index in [0.29, 0.717) is 0 Å². The van der Waals surface area contributed by atoms with Crippen molar-refractivity contribution in [2.45, 2.75) is 117 Å². The van der Waals surface area contributed by atoms with Crippen molar-refractivity contribution >= 4 is 0 Å². The van der Waals surface area contributed by atoms with Crippen LogP contribution in [-0.4, -0.2) is 40.0 Å². The van der Waals surface area contributed by atoms with E-state index in [-0.39, 0.29) is 12.6 Å². The Morgan fingerprint density at radius 2 is 1.21 bits per heavy atom. The first kappa shape index (κ1) is 26.9. The number of hydrogen-bond donors (Lipinski definition) is 0. The Hall–Kier alpha value is -0.160. The zero-order valence-electron chi connectivity index (χ0n) is 20.1. The van der Waals surface area contributed by atoms with Crippen LogP contribution in [0.2, 0.25) is 0 Å². The summed E-state index contributed by atoms with van der Waals surface area (Å²) in [6, 6.07) is 0. The van der Waals surface area contributed by atoms with Crippen molar-refractivity contribution in [2.75, 3.05) is 27.4 Å². The van der Waals surface area contributed by atoms with Gasteiger partial charge in [-0.1, -0.05) is 77.6 Å². The highest BCUT2D eigenvalue weighted by Gasteiger charge is 2.18. The van der Waals surface area contributed by atoms with E-state index in [9.17, 15) is 0 Å². The van der Waals surface area contributed by atoms with Gasteiger partial charge in [0.05, 0.1) is 0 Å². The van der Waals surface area contributed by atoms with Crippen molar-refractivity contribution in [3.63, 3.8) is 0 Å². The molecule has 0 spiro atoms. The largest absolute Gasteiger partial charge is 0.356 e. The zero-order chi connectivity index (χ0) is 21.3. The average Bonchev–Trinajstić information content (AvgIpc) is 2.75. The van der Waals surface area contributed by atoms with Crippen molar-refractivity contribution in [1.82, 2.24) is 0 Å². The van der Waals surface area contributed by atoms with Crippen molar-refractivity contribution in [3.05, 3.63) is 0 Å². The van der Waals surface area contributed by atoms with Crippen LogP contribution in [0, 0.1) is 17.8 Å². The van der Waals surface area contributed by atoms with Gasteiger partial charge in [-0.05, 0) is 44.4 Å². The van der Waals surface area contributed by atoms with Crippen LogP contribution in [0.25, 0.3) is 0 Å². The molecule has 2 fully saturated rings. The van der Waals surface area contributed by atoms with Gasteiger partial charge in [-0.15, -0.1) is 0 Å². The van der Waals surface area contributed by atoms with Gasteiger partial charge >= 0.3 is 0 Å². The normalized spacial score (nSPS) is 25.1. The molecule has 0 heterocycles. The summed E-state index contributed by atoms with van der Waals surface area (Å²) >= 11 is 0. The quantitative estimate of drug-likeness (QED) is 0.255. The summed E-state index contributed by atoms with van der Waals surface area (Å²) in [6.45, 7) is 7.96. The molecule has 0 bridgehead atoms. The number of unbranched alkanes of at least 4 members (excludes halogenated alkanes) is 1. The predicted octanol–water partition coefficient (Wildman–Crippen LogP) is 6.96. The van der Waals surface area contributed by atoms with Gasteiger partial charge in [0.2, 0.25) is 0 Å². The molecule has 0 radical (unpaired) electrons. The summed E-state index contributed by atoms with van der Waals surface area (Å²) in [4.78, 5) is 0. The lowest BCUT2D eigenvalue weighted by atomic mass is 9.82. The highest BCUT2D eigenvalue weighted by molar-refractivity contribution is 4.69. The Labute approximate surface area is 181 Å². The Morgan fingerprint density at radius 1 is 0.655 bits per heavy atom. The molecule has 174 valence electrons. The molecule has 2 unspecified atom stereocenters. The van der Waals surface area contributed by atoms with Crippen LogP contribution < -0.4 is 0 Å². The molecule has 0 aromatic carbocycles. The van der Waals surface area contributed by atoms with Gasteiger partial charge in [-0.3, -0.25) is 0 Å². The SMILES string of the molecule is COC(C)OCCC1CCC(C)CC1.COC(C)OCCCCC1CCCCC1. The minimum Gasteiger partial charge on any atom is -0.356 e. The van der Waals surface area contributed by atoms with Gasteiger partial charge in [0.1, 0.15) is 0 Å². The summed E-state index contributed by atoms with van der Waals surface area (Å²) in [5.41, 5.74) is 0. The smallest absolute Gasteiger partial charge is 0.154 e. The number of rotatable bonds is 12. The van der Waals surface area contributed by atoms with Gasteiger partial charge in [-0.25, -0.2) is 0 Å². The highest BCUT2D eigenvalue weighted by atomic mass is 16.7. The van der Waals surface area contributed by atoms with Crippen molar-refractivity contribution in [3.8, 4) is 0 Å². The fourth-order valence-corrected chi connectivity index (χ4v) is 4.41. The molecule has 2 saturated carbocycles. The summed E-state index contributed by atoms with van der Waals surface area (Å²) < 4.78 is 21.0. The summed E-state index contributed by atoms with van der Waals surface area (Å²) in [5.74, 6) is 2.86. The maximum Gasteiger partial charge on any atom is 0.154 e. The average molecular weight is 415 g/mol. The van der Waals surface area contributed by atoms with Crippen LogP contribution in [0.3, 0.4) is 0 Å². The molecule has 2 atom stereocenters. The van der Waals surface area contributed by atoms with E-state index in [4.69, 9.17) is 18.9 Å². The Bertz CT molecular complexity index is 349. The molecule has 0 aromatic rings. The molecule has 2 aliphatic carbocycles. The first-order chi connectivity index (χ1) is 14.0. The van der Waals surface area contributed by atoms with E-state index in [1.807, 2.05) is 13.8 Å². The maximum atomic E-state index is 5.50. The second-order valence-corrected chi connectivity index (χ2v) is 9.26. The molecule has 0 aromatic heterocycles. The first-order valence-electron chi connectivity index (χ1n) is 12.3. The first-order valence-corrected chi connectivity index (χ1v) is 12.3. The molecule has 0 amide bonds. The lowest BCUT2D eigenvalue weighted by Gasteiger charge is -2.26. The second-order valence-electron chi connectivity index (χ2n) is 9.26. The lowest BCUT2D eigenvalue weighted by Crippen LogP contribution is -2.17. The van der Waals surface area contributed by atoms with Gasteiger partial charge in [0, 0.05) is 27.4 Å². The fraction of sp³-hybridized carbons (Fsp3) is 1.00. The number of ether oxygens (including phenoxy) is 4. The lowest BCUT2D eigenvalue weighted by molar-refractivity contribution is -0.114. The van der Waals surface area contributed by atoms with E-state index in [2.05, 4.69) is 6.92 Å². The third-order valence-corrected chi connectivity index (χ3v) is 6.76. The maximum absolute atomic E-state index is 5.50. The number of hydrogen-bond acceptors (Lipinski definition) is 4. The number of methoxy groups -OCH3 is 2. The minimum atomic E-state index is -0.0440. The van der Waals surface area contributed by atoms with E-state index >= 15 is 0 Å². The van der Waals surface area contributed by atoms with Crippen LogP contribution >= 0.6 is 0 Å². The highest BCUT2D eigenvalue weighted by Crippen LogP contribution is 2.30. The molecule has 2 aliphatic rings. The summed E-state index contributed by atoms with van der Waals surface area (Å²) in [6.07, 6.45) is 18.0. The van der Waals surface area contributed by atoms with E-state index in [1.54, 1.807) is 14.2 Å². The van der Waals surface area contributed by atoms with Gasteiger partial charge in [-0.2, -0.15) is 0 Å². The molecule has 4 heteroatoms. The van der Waals surface area contributed by atoms with E-state index < -0.39 is 0 Å². The standard InChI is InChI=1S/C13H26O2.C12H24O2/c1-12(14-2)15-11-7-6-10-13-8-4-3-5-9-13;1-10-4-6-12(7-5-10)8-9-14-11(2)13-3/h12-13H,3-11H2,1-2H3;10-12H,4-9H2,1-3H3. The molecule has 29 heavy (non-hydrogen) atoms. The third kappa shape index (κ3) is 14.5. The summed E-state index contributed by atoms with van der Waals surface area (Å²) in [5, 5.41) is 0. The van der Waals surface area contributed by atoms with Crippen LogP contribution in [-0.2, 0) is 18.9 Å². The second kappa shape index (κ2) is 17.5. The molecule has 0 saturated heterocycles. The Balaban J connectivity index is 0.000000291. The molecule has 2 rings (SSSR count). The monoisotopic (exact) mass is 414 g/mol. The minimum absolute atomic E-state index is 0.0420. The topological polar surface area (TPSA) is 36.9 Å². The van der Waals surface area contributed by atoms with Crippen LogP contribution in [0.15, 0.2) is 0 Å². The Morgan fingerprint density at radius 3 is 1.79 bits per heavy atom. The van der Waals surface area contributed by atoms with Crippen molar-refractivity contribution in [2.24, 2.45) is 17.8 Å². The van der Waals surface area contributed by atoms with Crippen LogP contribution in [0.4, 0.5) is 0 Å². The van der Waals surface area contributed by atoms with Gasteiger partial charge < -0.3 is 18.9 Å². The van der Waals surface area contributed by atoms with Gasteiger partial charge in [0.25, 0.3) is 0 Å². The van der Waals surface area contributed by atoms with Crippen molar-refractivity contribution < 1.29 is 18.9 Å². The molecule has 4 nitrogen and oxygen atoms in total. The van der Waals surface area contributed by atoms with E-state index in [1.165, 1.54) is 83.5 Å². The van der Waals surface area contributed by atoms with Crippen LogP contribution in [0.1, 0.15) is 104 Å². The predicted molar refractivity (Wildman–Crippen MR) is 121 cm³/mol. The molecule has 0 aliphatic heterocycles. The third-order valence-electron chi connectivity index (χ3n) is 6.76. The zero-order valence-corrected chi connectivity index (χ0v) is 20.1. The fourth-order valence-electron chi connectivity index (χ4n) is 4.41.